The molecule has 0 radical (unpaired) electrons. The highest BCUT2D eigenvalue weighted by atomic mass is 16.5. The Morgan fingerprint density at radius 1 is 1.14 bits per heavy atom. The second kappa shape index (κ2) is 13.4. The van der Waals surface area contributed by atoms with E-state index in [9.17, 15) is 0 Å². The fourth-order valence-electron chi connectivity index (χ4n) is 2.93. The van der Waals surface area contributed by atoms with Crippen molar-refractivity contribution >= 4 is 5.96 Å². The van der Waals surface area contributed by atoms with Gasteiger partial charge < -0.3 is 25.0 Å². The average molecular weight is 391 g/mol. The standard InChI is InChI=1S/C22H38N4O2/c1-4-26(5-2)14-16-28-21-10-7-6-9-20(21)17-25-22(23-3)24-13-8-15-27-18-19-11-12-19/h6-7,9-10,19H,4-5,8,11-18H2,1-3H3,(H2,23,24,25). The lowest BCUT2D eigenvalue weighted by Crippen LogP contribution is -2.37. The SMILES string of the molecule is CCN(CC)CCOc1ccccc1CNC(=NC)NCCCOCC1CC1. The minimum atomic E-state index is 0.680. The fraction of sp³-hybridized carbons (Fsp3) is 0.682. The molecule has 28 heavy (non-hydrogen) atoms. The molecule has 0 amide bonds. The van der Waals surface area contributed by atoms with Crippen molar-refractivity contribution in [3.05, 3.63) is 29.8 Å². The molecule has 158 valence electrons. The summed E-state index contributed by atoms with van der Waals surface area (Å²) in [6, 6.07) is 8.19. The third kappa shape index (κ3) is 8.93. The van der Waals surface area contributed by atoms with Gasteiger partial charge in [0.05, 0.1) is 0 Å². The number of rotatable bonds is 14. The molecule has 0 saturated heterocycles. The Kier molecular flexibility index (Phi) is 10.8. The van der Waals surface area contributed by atoms with Crippen LogP contribution in [0, 0.1) is 5.92 Å². The molecule has 0 aliphatic heterocycles. The quantitative estimate of drug-likeness (QED) is 0.291. The average Bonchev–Trinajstić information content (AvgIpc) is 3.55. The number of para-hydroxylation sites is 1. The van der Waals surface area contributed by atoms with E-state index in [-0.39, 0.29) is 0 Å². The van der Waals surface area contributed by atoms with Gasteiger partial charge in [0.2, 0.25) is 0 Å². The van der Waals surface area contributed by atoms with Crippen LogP contribution in [0.5, 0.6) is 5.75 Å². The highest BCUT2D eigenvalue weighted by molar-refractivity contribution is 5.79. The van der Waals surface area contributed by atoms with Crippen LogP contribution < -0.4 is 15.4 Å². The van der Waals surface area contributed by atoms with Gasteiger partial charge in [-0.05, 0) is 44.3 Å². The maximum Gasteiger partial charge on any atom is 0.191 e. The Balaban J connectivity index is 1.67. The second-order valence-corrected chi connectivity index (χ2v) is 7.21. The Morgan fingerprint density at radius 3 is 2.64 bits per heavy atom. The zero-order valence-electron chi connectivity index (χ0n) is 17.9. The summed E-state index contributed by atoms with van der Waals surface area (Å²) in [4.78, 5) is 6.66. The first-order chi connectivity index (χ1) is 13.8. The first-order valence-electron chi connectivity index (χ1n) is 10.7. The van der Waals surface area contributed by atoms with E-state index in [4.69, 9.17) is 9.47 Å². The molecule has 0 aromatic heterocycles. The van der Waals surface area contributed by atoms with Crippen LogP contribution in [-0.2, 0) is 11.3 Å². The number of benzene rings is 1. The normalized spacial score (nSPS) is 14.4. The van der Waals surface area contributed by atoms with E-state index in [1.165, 1.54) is 12.8 Å². The van der Waals surface area contributed by atoms with Gasteiger partial charge in [-0.3, -0.25) is 4.99 Å². The van der Waals surface area contributed by atoms with Crippen molar-refractivity contribution in [2.24, 2.45) is 10.9 Å². The van der Waals surface area contributed by atoms with Gasteiger partial charge in [-0.25, -0.2) is 0 Å². The molecule has 1 aliphatic carbocycles. The minimum absolute atomic E-state index is 0.680. The predicted octanol–water partition coefficient (Wildman–Crippen LogP) is 2.89. The van der Waals surface area contributed by atoms with Crippen molar-refractivity contribution in [1.29, 1.82) is 0 Å². The molecule has 1 aliphatic rings. The topological polar surface area (TPSA) is 58.1 Å². The first kappa shape index (κ1) is 22.5. The van der Waals surface area contributed by atoms with E-state index in [0.717, 1.165) is 69.0 Å². The zero-order valence-corrected chi connectivity index (χ0v) is 17.9. The number of hydrogen-bond donors (Lipinski definition) is 2. The molecule has 0 heterocycles. The van der Waals surface area contributed by atoms with Gasteiger partial charge >= 0.3 is 0 Å². The molecule has 1 fully saturated rings. The van der Waals surface area contributed by atoms with Gasteiger partial charge in [0.15, 0.2) is 5.96 Å². The molecule has 0 atom stereocenters. The van der Waals surface area contributed by atoms with Crippen molar-refractivity contribution in [1.82, 2.24) is 15.5 Å². The highest BCUT2D eigenvalue weighted by Crippen LogP contribution is 2.28. The molecule has 2 N–H and O–H groups in total. The minimum Gasteiger partial charge on any atom is -0.492 e. The predicted molar refractivity (Wildman–Crippen MR) is 116 cm³/mol. The van der Waals surface area contributed by atoms with Crippen LogP contribution in [0.4, 0.5) is 0 Å². The molecule has 1 saturated carbocycles. The third-order valence-electron chi connectivity index (χ3n) is 5.01. The van der Waals surface area contributed by atoms with E-state index >= 15 is 0 Å². The van der Waals surface area contributed by atoms with Crippen LogP contribution in [0.15, 0.2) is 29.3 Å². The van der Waals surface area contributed by atoms with Crippen LogP contribution >= 0.6 is 0 Å². The molecule has 1 aromatic carbocycles. The second-order valence-electron chi connectivity index (χ2n) is 7.21. The fourth-order valence-corrected chi connectivity index (χ4v) is 2.93. The van der Waals surface area contributed by atoms with Crippen molar-refractivity contribution in [2.75, 3.05) is 53.0 Å². The molecule has 0 spiro atoms. The maximum atomic E-state index is 6.03. The van der Waals surface area contributed by atoms with Crippen molar-refractivity contribution in [3.63, 3.8) is 0 Å². The number of ether oxygens (including phenoxy) is 2. The smallest absolute Gasteiger partial charge is 0.191 e. The molecular formula is C22H38N4O2. The van der Waals surface area contributed by atoms with Gasteiger partial charge in [-0.15, -0.1) is 0 Å². The van der Waals surface area contributed by atoms with Gasteiger partial charge in [0, 0.05) is 45.5 Å². The van der Waals surface area contributed by atoms with E-state index < -0.39 is 0 Å². The van der Waals surface area contributed by atoms with Gasteiger partial charge in [0.25, 0.3) is 0 Å². The van der Waals surface area contributed by atoms with Crippen LogP contribution in [0.3, 0.4) is 0 Å². The number of hydrogen-bond acceptors (Lipinski definition) is 4. The van der Waals surface area contributed by atoms with Gasteiger partial charge in [-0.2, -0.15) is 0 Å². The summed E-state index contributed by atoms with van der Waals surface area (Å²) in [6.45, 7) is 11.4. The summed E-state index contributed by atoms with van der Waals surface area (Å²) < 4.78 is 11.7. The summed E-state index contributed by atoms with van der Waals surface area (Å²) in [5.74, 6) is 2.57. The lowest BCUT2D eigenvalue weighted by atomic mass is 10.2. The summed E-state index contributed by atoms with van der Waals surface area (Å²) in [5, 5.41) is 6.72. The lowest BCUT2D eigenvalue weighted by Gasteiger charge is -2.19. The number of nitrogens with zero attached hydrogens (tertiary/aromatic N) is 2. The van der Waals surface area contributed by atoms with Crippen LogP contribution in [0.25, 0.3) is 0 Å². The third-order valence-corrected chi connectivity index (χ3v) is 5.01. The van der Waals surface area contributed by atoms with E-state index in [1.807, 2.05) is 18.2 Å². The molecule has 0 unspecified atom stereocenters. The zero-order chi connectivity index (χ0) is 20.0. The summed E-state index contributed by atoms with van der Waals surface area (Å²) in [5.41, 5.74) is 1.14. The Morgan fingerprint density at radius 2 is 1.93 bits per heavy atom. The monoisotopic (exact) mass is 390 g/mol. The van der Waals surface area contributed by atoms with E-state index in [2.05, 4.69) is 40.4 Å². The first-order valence-corrected chi connectivity index (χ1v) is 10.7. The number of aliphatic imine (C=N–C) groups is 1. The number of nitrogens with one attached hydrogen (secondary N) is 2. The van der Waals surface area contributed by atoms with Gasteiger partial charge in [0.1, 0.15) is 12.4 Å². The van der Waals surface area contributed by atoms with Crippen LogP contribution in [-0.4, -0.2) is 63.9 Å². The molecule has 0 bridgehead atoms. The molecule has 6 heteroatoms. The van der Waals surface area contributed by atoms with Crippen LogP contribution in [0.1, 0.15) is 38.7 Å². The van der Waals surface area contributed by atoms with Crippen molar-refractivity contribution in [2.45, 2.75) is 39.7 Å². The largest absolute Gasteiger partial charge is 0.492 e. The highest BCUT2D eigenvalue weighted by Gasteiger charge is 2.20. The van der Waals surface area contributed by atoms with Crippen molar-refractivity contribution in [3.8, 4) is 5.75 Å². The maximum absolute atomic E-state index is 6.03. The molecule has 2 rings (SSSR count). The molecular weight excluding hydrogens is 352 g/mol. The summed E-state index contributed by atoms with van der Waals surface area (Å²) >= 11 is 0. The Labute approximate surface area is 170 Å². The Hall–Kier alpha value is -1.79. The lowest BCUT2D eigenvalue weighted by molar-refractivity contribution is 0.123. The number of guanidine groups is 1. The van der Waals surface area contributed by atoms with E-state index in [0.29, 0.717) is 13.2 Å². The summed E-state index contributed by atoms with van der Waals surface area (Å²) in [7, 11) is 1.80. The van der Waals surface area contributed by atoms with Crippen LogP contribution in [0.2, 0.25) is 0 Å². The molecule has 1 aromatic rings. The Bertz CT molecular complexity index is 571. The summed E-state index contributed by atoms with van der Waals surface area (Å²) in [6.07, 6.45) is 3.67. The molecule has 6 nitrogen and oxygen atoms in total. The van der Waals surface area contributed by atoms with E-state index in [1.54, 1.807) is 7.05 Å². The van der Waals surface area contributed by atoms with Gasteiger partial charge in [-0.1, -0.05) is 32.0 Å². The van der Waals surface area contributed by atoms with Crippen molar-refractivity contribution < 1.29 is 9.47 Å². The number of likely N-dealkylation sites (N-methyl/N-ethyl adjacent to an activating group) is 1.